The van der Waals surface area contributed by atoms with E-state index in [-0.39, 0.29) is 12.5 Å². The van der Waals surface area contributed by atoms with Crippen LogP contribution in [0.3, 0.4) is 0 Å². The number of hydrogen-bond donors (Lipinski definition) is 1. The summed E-state index contributed by atoms with van der Waals surface area (Å²) in [6, 6.07) is 11.4. The summed E-state index contributed by atoms with van der Waals surface area (Å²) in [6.07, 6.45) is -4.34. The van der Waals surface area contributed by atoms with Crippen LogP contribution in [-0.4, -0.2) is 12.5 Å². The summed E-state index contributed by atoms with van der Waals surface area (Å²) in [5, 5.41) is 2.68. The number of ether oxygens (including phenoxy) is 1. The van der Waals surface area contributed by atoms with Crippen LogP contribution in [0, 0.1) is 0 Å². The van der Waals surface area contributed by atoms with E-state index in [1.165, 1.54) is 12.1 Å². The van der Waals surface area contributed by atoms with E-state index >= 15 is 0 Å². The van der Waals surface area contributed by atoms with E-state index in [4.69, 9.17) is 4.74 Å². The number of hydrogen-bond acceptors (Lipinski definition) is 2. The van der Waals surface area contributed by atoms with Gasteiger partial charge < -0.3 is 10.1 Å². The topological polar surface area (TPSA) is 38.3 Å². The molecule has 0 saturated heterocycles. The maximum absolute atomic E-state index is 12.5. The molecule has 0 fully saturated rings. The monoisotopic (exact) mass is 323 g/mol. The lowest BCUT2D eigenvalue weighted by molar-refractivity contribution is -0.137. The number of carbonyl (C=O) groups is 1. The lowest BCUT2D eigenvalue weighted by Crippen LogP contribution is -2.22. The van der Waals surface area contributed by atoms with Crippen molar-refractivity contribution < 1.29 is 22.7 Å². The number of halogens is 3. The van der Waals surface area contributed by atoms with Crippen LogP contribution in [0.5, 0.6) is 5.75 Å². The van der Waals surface area contributed by atoms with Gasteiger partial charge in [0.1, 0.15) is 12.4 Å². The minimum Gasteiger partial charge on any atom is -0.489 e. The van der Waals surface area contributed by atoms with E-state index in [9.17, 15) is 18.0 Å². The summed E-state index contributed by atoms with van der Waals surface area (Å²) in [4.78, 5) is 11.6. The van der Waals surface area contributed by atoms with Crippen molar-refractivity contribution in [2.75, 3.05) is 6.54 Å². The fraction of sp³-hybridized carbons (Fsp3) is 0.235. The van der Waals surface area contributed by atoms with Gasteiger partial charge in [-0.2, -0.15) is 13.2 Å². The first kappa shape index (κ1) is 16.9. The van der Waals surface area contributed by atoms with Gasteiger partial charge in [0.25, 0.3) is 5.91 Å². The Morgan fingerprint density at radius 3 is 2.17 bits per heavy atom. The lowest BCUT2D eigenvalue weighted by Gasteiger charge is -2.09. The molecule has 2 rings (SSSR count). The molecule has 0 aliphatic rings. The fourth-order valence-electron chi connectivity index (χ4n) is 1.92. The Hall–Kier alpha value is -2.50. The highest BCUT2D eigenvalue weighted by atomic mass is 19.4. The summed E-state index contributed by atoms with van der Waals surface area (Å²) in [5.41, 5.74) is 0.465. The van der Waals surface area contributed by atoms with Crippen LogP contribution in [0.2, 0.25) is 0 Å². The molecule has 3 nitrogen and oxygen atoms in total. The standard InChI is InChI=1S/C17H16F3NO2/c1-2-21-16(22)13-5-9-15(10-6-13)23-11-12-3-7-14(8-4-12)17(18,19)20/h3-10H,2,11H2,1H3,(H,21,22). The largest absolute Gasteiger partial charge is 0.489 e. The van der Waals surface area contributed by atoms with Gasteiger partial charge in [-0.1, -0.05) is 12.1 Å². The first-order chi connectivity index (χ1) is 10.9. The van der Waals surface area contributed by atoms with Gasteiger partial charge in [0.05, 0.1) is 5.56 Å². The third kappa shape index (κ3) is 4.74. The molecule has 0 unspecified atom stereocenters. The predicted octanol–water partition coefficient (Wildman–Crippen LogP) is 4.03. The Balaban J connectivity index is 1.94. The third-order valence-electron chi connectivity index (χ3n) is 3.14. The molecular weight excluding hydrogens is 307 g/mol. The van der Waals surface area contributed by atoms with Crippen molar-refractivity contribution in [3.05, 3.63) is 65.2 Å². The third-order valence-corrected chi connectivity index (χ3v) is 3.14. The van der Waals surface area contributed by atoms with Gasteiger partial charge in [0.2, 0.25) is 0 Å². The quantitative estimate of drug-likeness (QED) is 0.902. The van der Waals surface area contributed by atoms with Crippen LogP contribution in [0.1, 0.15) is 28.4 Å². The van der Waals surface area contributed by atoms with Crippen LogP contribution in [0.4, 0.5) is 13.2 Å². The van der Waals surface area contributed by atoms with Gasteiger partial charge in [-0.15, -0.1) is 0 Å². The molecular formula is C17H16F3NO2. The molecule has 0 aromatic heterocycles. The summed E-state index contributed by atoms with van der Waals surface area (Å²) in [7, 11) is 0. The van der Waals surface area contributed by atoms with Crippen molar-refractivity contribution in [1.29, 1.82) is 0 Å². The second-order valence-electron chi connectivity index (χ2n) is 4.87. The van der Waals surface area contributed by atoms with Crippen LogP contribution in [0.25, 0.3) is 0 Å². The highest BCUT2D eigenvalue weighted by molar-refractivity contribution is 5.94. The number of rotatable bonds is 5. The van der Waals surface area contributed by atoms with E-state index < -0.39 is 11.7 Å². The molecule has 0 aliphatic carbocycles. The molecule has 6 heteroatoms. The summed E-state index contributed by atoms with van der Waals surface area (Å²) in [5.74, 6) is 0.375. The first-order valence-corrected chi connectivity index (χ1v) is 7.07. The summed E-state index contributed by atoms with van der Waals surface area (Å²) in [6.45, 7) is 2.53. The van der Waals surface area contributed by atoms with Crippen molar-refractivity contribution in [2.45, 2.75) is 19.7 Å². The zero-order valence-electron chi connectivity index (χ0n) is 12.5. The van der Waals surface area contributed by atoms with Crippen molar-refractivity contribution in [2.24, 2.45) is 0 Å². The smallest absolute Gasteiger partial charge is 0.416 e. The molecule has 0 aliphatic heterocycles. The predicted molar refractivity (Wildman–Crippen MR) is 80.2 cm³/mol. The molecule has 122 valence electrons. The molecule has 0 heterocycles. The van der Waals surface area contributed by atoms with E-state index in [1.807, 2.05) is 6.92 Å². The molecule has 1 N–H and O–H groups in total. The first-order valence-electron chi connectivity index (χ1n) is 7.07. The van der Waals surface area contributed by atoms with Crippen molar-refractivity contribution in [1.82, 2.24) is 5.32 Å². The molecule has 1 amide bonds. The Morgan fingerprint density at radius 1 is 1.04 bits per heavy atom. The van der Waals surface area contributed by atoms with Gasteiger partial charge in [-0.3, -0.25) is 4.79 Å². The zero-order valence-corrected chi connectivity index (χ0v) is 12.5. The van der Waals surface area contributed by atoms with Gasteiger partial charge in [0, 0.05) is 12.1 Å². The average Bonchev–Trinajstić information content (AvgIpc) is 2.53. The lowest BCUT2D eigenvalue weighted by atomic mass is 10.1. The van der Waals surface area contributed by atoms with Gasteiger partial charge in [-0.05, 0) is 48.9 Å². The number of alkyl halides is 3. The minimum absolute atomic E-state index is 0.151. The summed E-state index contributed by atoms with van der Waals surface area (Å²) >= 11 is 0. The van der Waals surface area contributed by atoms with Crippen LogP contribution in [-0.2, 0) is 12.8 Å². The van der Waals surface area contributed by atoms with Crippen molar-refractivity contribution >= 4 is 5.91 Å². The molecule has 0 saturated carbocycles. The maximum atomic E-state index is 12.5. The van der Waals surface area contributed by atoms with Crippen molar-refractivity contribution in [3.63, 3.8) is 0 Å². The maximum Gasteiger partial charge on any atom is 0.416 e. The molecule has 0 spiro atoms. The normalized spacial score (nSPS) is 11.1. The fourth-order valence-corrected chi connectivity index (χ4v) is 1.92. The van der Waals surface area contributed by atoms with Crippen LogP contribution < -0.4 is 10.1 Å². The zero-order chi connectivity index (χ0) is 16.9. The molecule has 0 bridgehead atoms. The SMILES string of the molecule is CCNC(=O)c1ccc(OCc2ccc(C(F)(F)F)cc2)cc1. The Bertz CT molecular complexity index is 649. The van der Waals surface area contributed by atoms with E-state index in [0.29, 0.717) is 23.4 Å². The molecule has 2 aromatic carbocycles. The second-order valence-corrected chi connectivity index (χ2v) is 4.87. The molecule has 23 heavy (non-hydrogen) atoms. The van der Waals surface area contributed by atoms with Crippen molar-refractivity contribution in [3.8, 4) is 5.75 Å². The summed E-state index contributed by atoms with van der Waals surface area (Å²) < 4.78 is 42.9. The number of carbonyl (C=O) groups excluding carboxylic acids is 1. The van der Waals surface area contributed by atoms with Gasteiger partial charge >= 0.3 is 6.18 Å². The number of amides is 1. The van der Waals surface area contributed by atoms with E-state index in [0.717, 1.165) is 12.1 Å². The minimum atomic E-state index is -4.34. The van der Waals surface area contributed by atoms with E-state index in [1.54, 1.807) is 24.3 Å². The van der Waals surface area contributed by atoms with Gasteiger partial charge in [-0.25, -0.2) is 0 Å². The Morgan fingerprint density at radius 2 is 1.65 bits per heavy atom. The highest BCUT2D eigenvalue weighted by Gasteiger charge is 2.29. The van der Waals surface area contributed by atoms with Crippen LogP contribution in [0.15, 0.2) is 48.5 Å². The van der Waals surface area contributed by atoms with E-state index in [2.05, 4.69) is 5.32 Å². The average molecular weight is 323 g/mol. The molecule has 0 radical (unpaired) electrons. The second kappa shape index (κ2) is 7.17. The van der Waals surface area contributed by atoms with Crippen LogP contribution >= 0.6 is 0 Å². The van der Waals surface area contributed by atoms with Gasteiger partial charge in [0.15, 0.2) is 0 Å². The Kier molecular flexibility index (Phi) is 5.26. The molecule has 0 atom stereocenters. The number of benzene rings is 2. The number of nitrogens with one attached hydrogen (secondary N) is 1. The molecule has 2 aromatic rings. The highest BCUT2D eigenvalue weighted by Crippen LogP contribution is 2.29. The Labute approximate surface area is 132 Å².